The summed E-state index contributed by atoms with van der Waals surface area (Å²) in [6.45, 7) is -0.0115. The lowest BCUT2D eigenvalue weighted by molar-refractivity contribution is -0.139. The van der Waals surface area contributed by atoms with Crippen LogP contribution in [0.3, 0.4) is 0 Å². The number of amides is 1. The fourth-order valence-corrected chi connectivity index (χ4v) is 1.35. The molecule has 0 aromatic heterocycles. The molecule has 1 amide bonds. The summed E-state index contributed by atoms with van der Waals surface area (Å²) in [5.41, 5.74) is 5.81. The minimum atomic E-state index is -1.06. The molecule has 1 atom stereocenters. The third-order valence-corrected chi connectivity index (χ3v) is 2.15. The van der Waals surface area contributed by atoms with Gasteiger partial charge in [0.05, 0.1) is 12.2 Å². The van der Waals surface area contributed by atoms with Gasteiger partial charge in [-0.3, -0.25) is 4.79 Å². The summed E-state index contributed by atoms with van der Waals surface area (Å²) < 4.78 is 4.78. The van der Waals surface area contributed by atoms with E-state index in [4.69, 9.17) is 15.6 Å². The van der Waals surface area contributed by atoms with Gasteiger partial charge in [0.1, 0.15) is 6.04 Å². The number of hydrogen-bond acceptors (Lipinski definition) is 4. The Hall–Kier alpha value is -2.08. The van der Waals surface area contributed by atoms with Gasteiger partial charge in [0.2, 0.25) is 0 Å². The first-order chi connectivity index (χ1) is 8.06. The lowest BCUT2D eigenvalue weighted by atomic mass is 10.1. The molecular weight excluding hydrogens is 224 g/mol. The molecule has 0 aliphatic heterocycles. The molecule has 0 saturated heterocycles. The Morgan fingerprint density at radius 3 is 2.65 bits per heavy atom. The molecule has 4 N–H and O–H groups in total. The third-order valence-electron chi connectivity index (χ3n) is 2.15. The van der Waals surface area contributed by atoms with E-state index in [1.54, 1.807) is 18.2 Å². The second kappa shape index (κ2) is 5.86. The highest BCUT2D eigenvalue weighted by Crippen LogP contribution is 2.15. The van der Waals surface area contributed by atoms with Crippen molar-refractivity contribution >= 4 is 17.6 Å². The summed E-state index contributed by atoms with van der Waals surface area (Å²) in [5.74, 6) is -1.68. The van der Waals surface area contributed by atoms with E-state index in [2.05, 4.69) is 5.32 Å². The summed E-state index contributed by atoms with van der Waals surface area (Å²) in [4.78, 5) is 22.1. The van der Waals surface area contributed by atoms with E-state index in [1.165, 1.54) is 13.2 Å². The van der Waals surface area contributed by atoms with Gasteiger partial charge in [-0.1, -0.05) is 12.1 Å². The molecule has 0 fully saturated rings. The van der Waals surface area contributed by atoms with Crippen LogP contribution in [0.2, 0.25) is 0 Å². The van der Waals surface area contributed by atoms with Crippen LogP contribution in [-0.2, 0) is 9.53 Å². The molecule has 6 heteroatoms. The van der Waals surface area contributed by atoms with E-state index >= 15 is 0 Å². The highest BCUT2D eigenvalue weighted by molar-refractivity contribution is 5.99. The Bertz CT molecular complexity index is 420. The molecule has 0 aliphatic rings. The van der Waals surface area contributed by atoms with E-state index in [1.807, 2.05) is 0 Å². The summed E-state index contributed by atoms with van der Waals surface area (Å²) >= 11 is 0. The summed E-state index contributed by atoms with van der Waals surface area (Å²) in [6, 6.07) is 5.51. The largest absolute Gasteiger partial charge is 0.480 e. The summed E-state index contributed by atoms with van der Waals surface area (Å²) in [6.07, 6.45) is 0. The van der Waals surface area contributed by atoms with Gasteiger partial charge in [0, 0.05) is 12.8 Å². The number of carboxylic acid groups (broad SMARTS) is 1. The summed E-state index contributed by atoms with van der Waals surface area (Å²) in [5, 5.41) is 11.6. The van der Waals surface area contributed by atoms with Crippen molar-refractivity contribution in [3.05, 3.63) is 29.8 Å². The zero-order valence-corrected chi connectivity index (χ0v) is 9.34. The molecule has 0 radical (unpaired) electrons. The molecule has 1 aromatic rings. The molecule has 1 unspecified atom stereocenters. The first-order valence-electron chi connectivity index (χ1n) is 4.93. The molecule has 0 saturated carbocycles. The summed E-state index contributed by atoms with van der Waals surface area (Å²) in [7, 11) is 1.40. The van der Waals surface area contributed by atoms with Crippen molar-refractivity contribution in [2.24, 2.45) is 5.73 Å². The van der Waals surface area contributed by atoms with Crippen molar-refractivity contribution in [2.45, 2.75) is 6.04 Å². The van der Waals surface area contributed by atoms with Crippen molar-refractivity contribution in [2.75, 3.05) is 19.0 Å². The number of carboxylic acids is 1. The van der Waals surface area contributed by atoms with E-state index in [-0.39, 0.29) is 12.2 Å². The number of aliphatic carboxylic acids is 1. The zero-order chi connectivity index (χ0) is 12.8. The number of hydrogen-bond donors (Lipinski definition) is 3. The smallest absolute Gasteiger partial charge is 0.328 e. The van der Waals surface area contributed by atoms with Crippen LogP contribution in [0, 0.1) is 0 Å². The molecule has 92 valence electrons. The van der Waals surface area contributed by atoms with Crippen LogP contribution < -0.4 is 11.1 Å². The van der Waals surface area contributed by atoms with E-state index in [9.17, 15) is 9.59 Å². The van der Waals surface area contributed by atoms with Crippen LogP contribution in [0.5, 0.6) is 0 Å². The average Bonchev–Trinajstić information content (AvgIpc) is 2.28. The molecule has 1 aromatic carbocycles. The van der Waals surface area contributed by atoms with Crippen molar-refractivity contribution in [3.63, 3.8) is 0 Å². The maximum atomic E-state index is 11.1. The number of ether oxygens (including phenoxy) is 1. The van der Waals surface area contributed by atoms with Gasteiger partial charge in [-0.2, -0.15) is 0 Å². The van der Waals surface area contributed by atoms with E-state index in [0.717, 1.165) is 0 Å². The SMILES string of the molecule is COCC(Nc1ccccc1C(N)=O)C(=O)O. The fourth-order valence-electron chi connectivity index (χ4n) is 1.35. The van der Waals surface area contributed by atoms with Gasteiger partial charge in [-0.15, -0.1) is 0 Å². The van der Waals surface area contributed by atoms with Gasteiger partial charge >= 0.3 is 5.97 Å². The molecular formula is C11H14N2O4. The molecule has 6 nitrogen and oxygen atoms in total. The Kier molecular flexibility index (Phi) is 4.47. The first-order valence-corrected chi connectivity index (χ1v) is 4.93. The van der Waals surface area contributed by atoms with Crippen molar-refractivity contribution in [1.29, 1.82) is 0 Å². The minimum Gasteiger partial charge on any atom is -0.480 e. The van der Waals surface area contributed by atoms with E-state index in [0.29, 0.717) is 5.69 Å². The Labute approximate surface area is 98.4 Å². The Balaban J connectivity index is 2.92. The number of benzene rings is 1. The van der Waals surface area contributed by atoms with Gasteiger partial charge in [0.15, 0.2) is 0 Å². The van der Waals surface area contributed by atoms with Crippen LogP contribution in [0.1, 0.15) is 10.4 Å². The number of rotatable bonds is 6. The Morgan fingerprint density at radius 2 is 2.12 bits per heavy atom. The maximum absolute atomic E-state index is 11.1. The lowest BCUT2D eigenvalue weighted by Crippen LogP contribution is -2.34. The molecule has 0 bridgehead atoms. The maximum Gasteiger partial charge on any atom is 0.328 e. The number of carbonyl (C=O) groups is 2. The number of nitrogens with one attached hydrogen (secondary N) is 1. The Morgan fingerprint density at radius 1 is 1.47 bits per heavy atom. The quantitative estimate of drug-likeness (QED) is 0.661. The van der Waals surface area contributed by atoms with E-state index < -0.39 is 17.9 Å². The predicted molar refractivity (Wildman–Crippen MR) is 61.9 cm³/mol. The average molecular weight is 238 g/mol. The number of methoxy groups -OCH3 is 1. The number of carbonyl (C=O) groups excluding carboxylic acids is 1. The van der Waals surface area contributed by atoms with Gasteiger partial charge in [0.25, 0.3) is 5.91 Å². The number of anilines is 1. The van der Waals surface area contributed by atoms with Crippen LogP contribution in [0.25, 0.3) is 0 Å². The molecule has 17 heavy (non-hydrogen) atoms. The lowest BCUT2D eigenvalue weighted by Gasteiger charge is -2.16. The highest BCUT2D eigenvalue weighted by atomic mass is 16.5. The second-order valence-electron chi connectivity index (χ2n) is 3.40. The van der Waals surface area contributed by atoms with Crippen molar-refractivity contribution in [1.82, 2.24) is 0 Å². The van der Waals surface area contributed by atoms with Gasteiger partial charge in [-0.05, 0) is 12.1 Å². The molecule has 0 spiro atoms. The van der Waals surface area contributed by atoms with Crippen molar-refractivity contribution < 1.29 is 19.4 Å². The first kappa shape index (κ1) is 13.0. The number of nitrogens with two attached hydrogens (primary N) is 1. The minimum absolute atomic E-state index is 0.0115. The van der Waals surface area contributed by atoms with Gasteiger partial charge in [-0.25, -0.2) is 4.79 Å². The normalized spacial score (nSPS) is 11.8. The zero-order valence-electron chi connectivity index (χ0n) is 9.34. The van der Waals surface area contributed by atoms with Crippen LogP contribution in [0.15, 0.2) is 24.3 Å². The number of primary amides is 1. The van der Waals surface area contributed by atoms with Crippen LogP contribution in [-0.4, -0.2) is 36.7 Å². The predicted octanol–water partition coefficient (Wildman–Crippen LogP) is 0.297. The van der Waals surface area contributed by atoms with Crippen LogP contribution >= 0.6 is 0 Å². The molecule has 1 rings (SSSR count). The number of para-hydroxylation sites is 1. The third kappa shape index (κ3) is 3.46. The second-order valence-corrected chi connectivity index (χ2v) is 3.40. The topological polar surface area (TPSA) is 102 Å². The highest BCUT2D eigenvalue weighted by Gasteiger charge is 2.18. The molecule has 0 heterocycles. The monoisotopic (exact) mass is 238 g/mol. The van der Waals surface area contributed by atoms with Gasteiger partial charge < -0.3 is 20.9 Å². The van der Waals surface area contributed by atoms with Crippen LogP contribution in [0.4, 0.5) is 5.69 Å². The standard InChI is InChI=1S/C11H14N2O4/c1-17-6-9(11(15)16)13-8-5-3-2-4-7(8)10(12)14/h2-5,9,13H,6H2,1H3,(H2,12,14)(H,15,16). The van der Waals surface area contributed by atoms with Crippen molar-refractivity contribution in [3.8, 4) is 0 Å². The molecule has 0 aliphatic carbocycles. The fraction of sp³-hybridized carbons (Fsp3) is 0.273.